The molecule has 0 fully saturated rings. The standard InChI is InChI=1S/C16H18FNO/c1-3-4-15-12(2)9-10-18(16(15)19)11-13-5-7-14(17)8-6-13/h3-8H,9-11H2,1-2H3. The van der Waals surface area contributed by atoms with Crippen molar-refractivity contribution in [2.75, 3.05) is 6.54 Å². The van der Waals surface area contributed by atoms with E-state index in [0.717, 1.165) is 29.7 Å². The van der Waals surface area contributed by atoms with E-state index in [2.05, 4.69) is 0 Å². The van der Waals surface area contributed by atoms with E-state index in [0.29, 0.717) is 6.54 Å². The first-order chi connectivity index (χ1) is 9.11. The Morgan fingerprint density at radius 1 is 1.32 bits per heavy atom. The summed E-state index contributed by atoms with van der Waals surface area (Å²) in [6.07, 6.45) is 4.65. The van der Waals surface area contributed by atoms with Crippen LogP contribution in [-0.2, 0) is 11.3 Å². The van der Waals surface area contributed by atoms with Gasteiger partial charge in [0.15, 0.2) is 0 Å². The summed E-state index contributed by atoms with van der Waals surface area (Å²) in [5.74, 6) is -0.190. The molecule has 0 aromatic heterocycles. The molecule has 1 aromatic carbocycles. The number of hydrogen-bond donors (Lipinski definition) is 0. The van der Waals surface area contributed by atoms with Crippen molar-refractivity contribution in [3.05, 3.63) is 58.9 Å². The van der Waals surface area contributed by atoms with Crippen LogP contribution in [0.4, 0.5) is 4.39 Å². The van der Waals surface area contributed by atoms with Crippen molar-refractivity contribution in [2.24, 2.45) is 0 Å². The third kappa shape index (κ3) is 3.11. The molecule has 1 aliphatic heterocycles. The second-order valence-corrected chi connectivity index (χ2v) is 4.80. The van der Waals surface area contributed by atoms with E-state index in [9.17, 15) is 9.18 Å². The molecule has 0 saturated carbocycles. The largest absolute Gasteiger partial charge is 0.334 e. The Kier molecular flexibility index (Phi) is 4.15. The van der Waals surface area contributed by atoms with Gasteiger partial charge in [-0.05, 0) is 38.0 Å². The molecule has 0 spiro atoms. The molecular formula is C16H18FNO. The lowest BCUT2D eigenvalue weighted by molar-refractivity contribution is -0.128. The second kappa shape index (κ2) is 5.83. The van der Waals surface area contributed by atoms with Crippen LogP contribution in [0, 0.1) is 5.82 Å². The van der Waals surface area contributed by atoms with Crippen LogP contribution < -0.4 is 0 Å². The fourth-order valence-electron chi connectivity index (χ4n) is 2.23. The van der Waals surface area contributed by atoms with Crippen LogP contribution in [0.5, 0.6) is 0 Å². The van der Waals surface area contributed by atoms with E-state index < -0.39 is 0 Å². The van der Waals surface area contributed by atoms with Crippen LogP contribution in [0.1, 0.15) is 25.8 Å². The van der Waals surface area contributed by atoms with Crippen molar-refractivity contribution < 1.29 is 9.18 Å². The third-order valence-electron chi connectivity index (χ3n) is 3.35. The average molecular weight is 259 g/mol. The maximum absolute atomic E-state index is 12.9. The van der Waals surface area contributed by atoms with E-state index in [-0.39, 0.29) is 11.7 Å². The number of carbonyl (C=O) groups is 1. The summed E-state index contributed by atoms with van der Waals surface area (Å²) < 4.78 is 12.9. The molecule has 0 N–H and O–H groups in total. The Hall–Kier alpha value is -1.90. The molecule has 0 aliphatic carbocycles. The van der Waals surface area contributed by atoms with Crippen LogP contribution in [0.25, 0.3) is 0 Å². The first kappa shape index (κ1) is 13.5. The summed E-state index contributed by atoms with van der Waals surface area (Å²) in [7, 11) is 0. The monoisotopic (exact) mass is 259 g/mol. The number of halogens is 1. The number of rotatable bonds is 3. The number of nitrogens with zero attached hydrogens (tertiary/aromatic N) is 1. The van der Waals surface area contributed by atoms with Gasteiger partial charge in [0, 0.05) is 18.7 Å². The summed E-state index contributed by atoms with van der Waals surface area (Å²) in [5, 5.41) is 0. The van der Waals surface area contributed by atoms with E-state index in [1.165, 1.54) is 12.1 Å². The van der Waals surface area contributed by atoms with Gasteiger partial charge in [-0.3, -0.25) is 4.79 Å². The topological polar surface area (TPSA) is 20.3 Å². The maximum Gasteiger partial charge on any atom is 0.254 e. The minimum atomic E-state index is -0.251. The molecule has 0 atom stereocenters. The quantitative estimate of drug-likeness (QED) is 0.814. The van der Waals surface area contributed by atoms with Crippen molar-refractivity contribution >= 4 is 5.91 Å². The molecule has 1 heterocycles. The van der Waals surface area contributed by atoms with Crippen molar-refractivity contribution in [1.29, 1.82) is 0 Å². The average Bonchev–Trinajstić information content (AvgIpc) is 2.40. The minimum Gasteiger partial charge on any atom is -0.334 e. The van der Waals surface area contributed by atoms with Gasteiger partial charge in [-0.2, -0.15) is 0 Å². The molecule has 100 valence electrons. The lowest BCUT2D eigenvalue weighted by Gasteiger charge is -2.28. The summed E-state index contributed by atoms with van der Waals surface area (Å²) >= 11 is 0. The Morgan fingerprint density at radius 2 is 2.00 bits per heavy atom. The Bertz CT molecular complexity index is 528. The summed E-state index contributed by atoms with van der Waals surface area (Å²) in [6.45, 7) is 5.17. The third-order valence-corrected chi connectivity index (χ3v) is 3.35. The smallest absolute Gasteiger partial charge is 0.254 e. The maximum atomic E-state index is 12.9. The minimum absolute atomic E-state index is 0.0613. The lowest BCUT2D eigenvalue weighted by atomic mass is 9.99. The lowest BCUT2D eigenvalue weighted by Crippen LogP contribution is -2.36. The molecular weight excluding hydrogens is 241 g/mol. The zero-order valence-corrected chi connectivity index (χ0v) is 11.3. The van der Waals surface area contributed by atoms with Crippen LogP contribution >= 0.6 is 0 Å². The highest BCUT2D eigenvalue weighted by atomic mass is 19.1. The molecule has 1 amide bonds. The highest BCUT2D eigenvalue weighted by Gasteiger charge is 2.23. The number of amides is 1. The van der Waals surface area contributed by atoms with Gasteiger partial charge >= 0.3 is 0 Å². The molecule has 2 rings (SSSR count). The highest BCUT2D eigenvalue weighted by molar-refractivity contribution is 5.97. The van der Waals surface area contributed by atoms with Crippen LogP contribution in [-0.4, -0.2) is 17.4 Å². The van der Waals surface area contributed by atoms with E-state index in [1.54, 1.807) is 12.1 Å². The SMILES string of the molecule is CC=CC1=C(C)CCN(Cc2ccc(F)cc2)C1=O. The molecule has 3 heteroatoms. The summed E-state index contributed by atoms with van der Waals surface area (Å²) in [6, 6.07) is 6.31. The van der Waals surface area contributed by atoms with Gasteiger partial charge in [0.05, 0.1) is 0 Å². The fraction of sp³-hybridized carbons (Fsp3) is 0.312. The zero-order chi connectivity index (χ0) is 13.8. The predicted octanol–water partition coefficient (Wildman–Crippen LogP) is 3.45. The number of benzene rings is 1. The highest BCUT2D eigenvalue weighted by Crippen LogP contribution is 2.21. The molecule has 0 saturated heterocycles. The first-order valence-corrected chi connectivity index (χ1v) is 6.48. The number of carbonyl (C=O) groups excluding carboxylic acids is 1. The van der Waals surface area contributed by atoms with Crippen LogP contribution in [0.15, 0.2) is 47.6 Å². The molecule has 0 radical (unpaired) electrons. The van der Waals surface area contributed by atoms with Crippen molar-refractivity contribution in [3.63, 3.8) is 0 Å². The zero-order valence-electron chi connectivity index (χ0n) is 11.3. The summed E-state index contributed by atoms with van der Waals surface area (Å²) in [4.78, 5) is 14.2. The van der Waals surface area contributed by atoms with E-state index in [4.69, 9.17) is 0 Å². The normalized spacial score (nSPS) is 16.6. The van der Waals surface area contributed by atoms with Crippen LogP contribution in [0.3, 0.4) is 0 Å². The molecule has 1 aromatic rings. The molecule has 0 unspecified atom stereocenters. The Morgan fingerprint density at radius 3 is 2.63 bits per heavy atom. The second-order valence-electron chi connectivity index (χ2n) is 4.80. The predicted molar refractivity (Wildman–Crippen MR) is 73.9 cm³/mol. The molecule has 0 bridgehead atoms. The van der Waals surface area contributed by atoms with E-state index in [1.807, 2.05) is 30.9 Å². The molecule has 2 nitrogen and oxygen atoms in total. The van der Waals surface area contributed by atoms with Gasteiger partial charge in [-0.25, -0.2) is 4.39 Å². The molecule has 19 heavy (non-hydrogen) atoms. The number of hydrogen-bond acceptors (Lipinski definition) is 1. The van der Waals surface area contributed by atoms with Gasteiger partial charge in [0.2, 0.25) is 0 Å². The van der Waals surface area contributed by atoms with Gasteiger partial charge in [-0.15, -0.1) is 0 Å². The number of allylic oxidation sites excluding steroid dienone is 1. The van der Waals surface area contributed by atoms with E-state index >= 15 is 0 Å². The van der Waals surface area contributed by atoms with Crippen molar-refractivity contribution in [3.8, 4) is 0 Å². The summed E-state index contributed by atoms with van der Waals surface area (Å²) in [5.41, 5.74) is 2.88. The van der Waals surface area contributed by atoms with Gasteiger partial charge in [0.1, 0.15) is 5.82 Å². The van der Waals surface area contributed by atoms with Crippen LogP contribution in [0.2, 0.25) is 0 Å². The van der Waals surface area contributed by atoms with Gasteiger partial charge < -0.3 is 4.90 Å². The van der Waals surface area contributed by atoms with Crippen molar-refractivity contribution in [1.82, 2.24) is 4.90 Å². The molecule has 1 aliphatic rings. The Balaban J connectivity index is 2.15. The first-order valence-electron chi connectivity index (χ1n) is 6.48. The Labute approximate surface area is 113 Å². The van der Waals surface area contributed by atoms with Crippen molar-refractivity contribution in [2.45, 2.75) is 26.8 Å². The van der Waals surface area contributed by atoms with Gasteiger partial charge in [0.25, 0.3) is 5.91 Å². The fourth-order valence-corrected chi connectivity index (χ4v) is 2.23. The van der Waals surface area contributed by atoms with Gasteiger partial charge in [-0.1, -0.05) is 29.9 Å².